The Hall–Kier alpha value is -3.19. The number of hydrazine groups is 1. The van der Waals surface area contributed by atoms with Crippen LogP contribution in [0, 0.1) is 0 Å². The molecule has 0 radical (unpaired) electrons. The van der Waals surface area contributed by atoms with E-state index in [-0.39, 0.29) is 11.6 Å². The Labute approximate surface area is 147 Å². The lowest BCUT2D eigenvalue weighted by Crippen LogP contribution is -2.41. The molecule has 1 aliphatic heterocycles. The number of rotatable bonds is 2. The van der Waals surface area contributed by atoms with Crippen molar-refractivity contribution in [2.75, 3.05) is 0 Å². The van der Waals surface area contributed by atoms with Crippen LogP contribution in [0.2, 0.25) is 0 Å². The van der Waals surface area contributed by atoms with Gasteiger partial charge in [0.05, 0.1) is 4.88 Å². The van der Waals surface area contributed by atoms with E-state index in [4.69, 9.17) is 4.74 Å². The summed E-state index contributed by atoms with van der Waals surface area (Å²) in [4.78, 5) is 29.7. The molecule has 0 saturated heterocycles. The largest absolute Gasteiger partial charge is 0.488 e. The van der Waals surface area contributed by atoms with E-state index in [0.29, 0.717) is 11.5 Å². The van der Waals surface area contributed by atoms with Crippen molar-refractivity contribution in [3.8, 4) is 16.2 Å². The van der Waals surface area contributed by atoms with Crippen molar-refractivity contribution >= 4 is 23.2 Å². The first-order chi connectivity index (χ1) is 12.2. The number of nitrogens with one attached hydrogen (secondary N) is 2. The zero-order valence-electron chi connectivity index (χ0n) is 13.0. The predicted octanol–water partition coefficient (Wildman–Crippen LogP) is 2.78. The molecule has 4 rings (SSSR count). The van der Waals surface area contributed by atoms with Gasteiger partial charge in [0.2, 0.25) is 0 Å². The Balaban J connectivity index is 1.49. The maximum atomic E-state index is 12.3. The molecule has 2 N–H and O–H groups in total. The van der Waals surface area contributed by atoms with E-state index < -0.39 is 5.91 Å². The fourth-order valence-corrected chi connectivity index (χ4v) is 3.64. The van der Waals surface area contributed by atoms with Gasteiger partial charge in [-0.05, 0) is 30.3 Å². The number of hydrogen-bond donors (Lipinski definition) is 2. The van der Waals surface area contributed by atoms with Crippen molar-refractivity contribution in [2.24, 2.45) is 0 Å². The number of para-hydroxylation sites is 1. The number of benzene rings is 1. The van der Waals surface area contributed by atoms with Crippen molar-refractivity contribution in [1.82, 2.24) is 15.8 Å². The lowest BCUT2D eigenvalue weighted by molar-refractivity contribution is 0.0846. The summed E-state index contributed by atoms with van der Waals surface area (Å²) >= 11 is 1.37. The summed E-state index contributed by atoms with van der Waals surface area (Å²) < 4.78 is 5.70. The second-order valence-electron chi connectivity index (χ2n) is 5.37. The fraction of sp³-hybridized carbons (Fsp3) is 0.0556. The normalized spacial score (nSPS) is 11.7. The summed E-state index contributed by atoms with van der Waals surface area (Å²) in [6.45, 7) is 0.427. The molecule has 2 amide bonds. The zero-order chi connectivity index (χ0) is 17.2. The standard InChI is InChI=1S/C18H13N3O3S/c22-17(13-6-3-4-8-19-13)20-21-18(23)15-9-11-10-24-14-7-2-1-5-12(14)16(11)25-15/h1-9H,10H2,(H,20,22)(H,21,23). The summed E-state index contributed by atoms with van der Waals surface area (Å²) in [6, 6.07) is 14.5. The highest BCUT2D eigenvalue weighted by atomic mass is 32.1. The van der Waals surface area contributed by atoms with Gasteiger partial charge in [-0.2, -0.15) is 0 Å². The van der Waals surface area contributed by atoms with Gasteiger partial charge in [0, 0.05) is 22.2 Å². The first kappa shape index (κ1) is 15.3. The first-order valence-corrected chi connectivity index (χ1v) is 8.40. The third-order valence-electron chi connectivity index (χ3n) is 3.73. The highest BCUT2D eigenvalue weighted by Gasteiger charge is 2.22. The molecule has 124 valence electrons. The predicted molar refractivity (Wildman–Crippen MR) is 93.3 cm³/mol. The fourth-order valence-electron chi connectivity index (χ4n) is 2.55. The molecule has 7 heteroatoms. The van der Waals surface area contributed by atoms with Gasteiger partial charge < -0.3 is 4.74 Å². The number of ether oxygens (including phenoxy) is 1. The van der Waals surface area contributed by atoms with E-state index in [1.54, 1.807) is 24.3 Å². The van der Waals surface area contributed by atoms with Crippen molar-refractivity contribution in [2.45, 2.75) is 6.61 Å². The minimum atomic E-state index is -0.469. The van der Waals surface area contributed by atoms with Gasteiger partial charge in [-0.15, -0.1) is 11.3 Å². The molecule has 0 unspecified atom stereocenters. The lowest BCUT2D eigenvalue weighted by atomic mass is 10.1. The van der Waals surface area contributed by atoms with E-state index >= 15 is 0 Å². The Kier molecular flexibility index (Phi) is 3.91. The van der Waals surface area contributed by atoms with Gasteiger partial charge >= 0.3 is 0 Å². The summed E-state index contributed by atoms with van der Waals surface area (Å²) in [5, 5.41) is 0. The van der Waals surface area contributed by atoms with E-state index in [1.165, 1.54) is 17.5 Å². The quantitative estimate of drug-likeness (QED) is 0.696. The molecule has 1 aromatic carbocycles. The maximum Gasteiger partial charge on any atom is 0.288 e. The van der Waals surface area contributed by atoms with Gasteiger partial charge in [0.1, 0.15) is 18.1 Å². The number of amides is 2. The van der Waals surface area contributed by atoms with Crippen LogP contribution < -0.4 is 15.6 Å². The molecular weight excluding hydrogens is 338 g/mol. The van der Waals surface area contributed by atoms with Crippen LogP contribution in [0.5, 0.6) is 5.75 Å². The van der Waals surface area contributed by atoms with Crippen LogP contribution in [0.3, 0.4) is 0 Å². The molecule has 2 aromatic heterocycles. The van der Waals surface area contributed by atoms with Crippen LogP contribution in [-0.4, -0.2) is 16.8 Å². The molecule has 3 heterocycles. The van der Waals surface area contributed by atoms with Crippen LogP contribution in [0.15, 0.2) is 54.7 Å². The van der Waals surface area contributed by atoms with Crippen LogP contribution in [0.4, 0.5) is 0 Å². The molecule has 3 aromatic rings. The molecule has 0 aliphatic carbocycles. The van der Waals surface area contributed by atoms with Gasteiger partial charge in [0.15, 0.2) is 0 Å². The second-order valence-corrected chi connectivity index (χ2v) is 6.43. The summed E-state index contributed by atoms with van der Waals surface area (Å²) in [6.07, 6.45) is 1.52. The highest BCUT2D eigenvalue weighted by Crippen LogP contribution is 2.42. The average molecular weight is 351 g/mol. The van der Waals surface area contributed by atoms with Gasteiger partial charge in [-0.3, -0.25) is 25.4 Å². The lowest BCUT2D eigenvalue weighted by Gasteiger charge is -2.16. The molecule has 0 fully saturated rings. The van der Waals surface area contributed by atoms with Gasteiger partial charge in [0.25, 0.3) is 11.8 Å². The first-order valence-electron chi connectivity index (χ1n) is 7.59. The Morgan fingerprint density at radius 1 is 1.04 bits per heavy atom. The molecule has 0 bridgehead atoms. The molecular formula is C18H13N3O3S. The maximum absolute atomic E-state index is 12.3. The van der Waals surface area contributed by atoms with E-state index in [0.717, 1.165) is 21.8 Å². The van der Waals surface area contributed by atoms with E-state index in [2.05, 4.69) is 15.8 Å². The number of aromatic nitrogens is 1. The van der Waals surface area contributed by atoms with Crippen LogP contribution in [0.25, 0.3) is 10.4 Å². The molecule has 0 atom stereocenters. The molecule has 0 saturated carbocycles. The number of fused-ring (bicyclic) bond motifs is 3. The number of carbonyl (C=O) groups excluding carboxylic acids is 2. The minimum Gasteiger partial charge on any atom is -0.488 e. The Morgan fingerprint density at radius 3 is 2.68 bits per heavy atom. The van der Waals surface area contributed by atoms with E-state index in [1.807, 2.05) is 24.3 Å². The van der Waals surface area contributed by atoms with Crippen LogP contribution in [-0.2, 0) is 6.61 Å². The van der Waals surface area contributed by atoms with Crippen LogP contribution >= 0.6 is 11.3 Å². The highest BCUT2D eigenvalue weighted by molar-refractivity contribution is 7.17. The average Bonchev–Trinajstić information content (AvgIpc) is 3.11. The molecule has 0 spiro atoms. The summed E-state index contributed by atoms with van der Waals surface area (Å²) in [7, 11) is 0. The van der Waals surface area contributed by atoms with Gasteiger partial charge in [-0.25, -0.2) is 0 Å². The van der Waals surface area contributed by atoms with Gasteiger partial charge in [-0.1, -0.05) is 18.2 Å². The summed E-state index contributed by atoms with van der Waals surface area (Å²) in [5.74, 6) is -0.0302. The number of nitrogens with zero attached hydrogens (tertiary/aromatic N) is 1. The minimum absolute atomic E-state index is 0.232. The topological polar surface area (TPSA) is 80.3 Å². The third-order valence-corrected chi connectivity index (χ3v) is 4.94. The Bertz CT molecular complexity index is 953. The smallest absolute Gasteiger partial charge is 0.288 e. The van der Waals surface area contributed by atoms with Crippen molar-refractivity contribution in [3.63, 3.8) is 0 Å². The number of hydrogen-bond acceptors (Lipinski definition) is 5. The van der Waals surface area contributed by atoms with Crippen LogP contribution in [0.1, 0.15) is 25.7 Å². The molecule has 1 aliphatic rings. The number of pyridine rings is 1. The summed E-state index contributed by atoms with van der Waals surface area (Å²) in [5.41, 5.74) is 6.96. The molecule has 6 nitrogen and oxygen atoms in total. The Morgan fingerprint density at radius 2 is 1.84 bits per heavy atom. The van der Waals surface area contributed by atoms with E-state index in [9.17, 15) is 9.59 Å². The second kappa shape index (κ2) is 6.37. The number of carbonyl (C=O) groups is 2. The van der Waals surface area contributed by atoms with Crippen molar-refractivity contribution in [1.29, 1.82) is 0 Å². The molecule has 25 heavy (non-hydrogen) atoms. The third kappa shape index (κ3) is 2.97. The van der Waals surface area contributed by atoms with Crippen molar-refractivity contribution < 1.29 is 14.3 Å². The SMILES string of the molecule is O=C(NNC(=O)c1cc2c(s1)-c1ccccc1OC2)c1ccccn1. The monoisotopic (exact) mass is 351 g/mol. The number of thiophene rings is 1. The van der Waals surface area contributed by atoms with Crippen molar-refractivity contribution in [3.05, 3.63) is 70.9 Å². The zero-order valence-corrected chi connectivity index (χ0v) is 13.8.